The molecule has 2 aromatic heterocycles. The van der Waals surface area contributed by atoms with Gasteiger partial charge < -0.3 is 9.47 Å². The first-order valence-corrected chi connectivity index (χ1v) is 14.7. The average Bonchev–Trinajstić information content (AvgIpc) is 3.60. The van der Waals surface area contributed by atoms with Crippen molar-refractivity contribution < 1.29 is 9.47 Å². The number of H-pyrrole nitrogens is 2. The normalized spacial score (nSPS) is 18.4. The van der Waals surface area contributed by atoms with Gasteiger partial charge in [0.1, 0.15) is 19.0 Å². The molecule has 0 radical (unpaired) electrons. The Morgan fingerprint density at radius 3 is 2.44 bits per heavy atom. The number of hydrogen-bond donors (Lipinski definition) is 2. The van der Waals surface area contributed by atoms with Crippen LogP contribution in [0.3, 0.4) is 0 Å². The van der Waals surface area contributed by atoms with E-state index in [0.717, 1.165) is 50.8 Å². The van der Waals surface area contributed by atoms with Crippen LogP contribution < -0.4 is 4.74 Å². The van der Waals surface area contributed by atoms with Crippen molar-refractivity contribution in [3.63, 3.8) is 0 Å². The van der Waals surface area contributed by atoms with E-state index in [0.29, 0.717) is 36.9 Å². The van der Waals surface area contributed by atoms with E-state index in [-0.39, 0.29) is 5.60 Å². The van der Waals surface area contributed by atoms with Crippen LogP contribution in [0.5, 0.6) is 5.75 Å². The SMILES string of the molecule is C[C@@H]1CCC[C@H](C)N1CCOc1ccc2cc(-c3n[nH]c4ccc(-c5n[nH]c(COC(C)(C)C)n5)cc34)ccc2c1. The first-order chi connectivity index (χ1) is 19.7. The first-order valence-electron chi connectivity index (χ1n) is 14.7. The van der Waals surface area contributed by atoms with Crippen LogP contribution in [0.1, 0.15) is 59.7 Å². The van der Waals surface area contributed by atoms with Crippen LogP contribution >= 0.6 is 0 Å². The van der Waals surface area contributed by atoms with Crippen LogP contribution in [-0.4, -0.2) is 61.1 Å². The molecular weight excluding hydrogens is 512 g/mol. The van der Waals surface area contributed by atoms with E-state index in [9.17, 15) is 0 Å². The third-order valence-electron chi connectivity index (χ3n) is 8.07. The number of likely N-dealkylation sites (tertiary alicyclic amines) is 1. The number of aromatic amines is 2. The highest BCUT2D eigenvalue weighted by Gasteiger charge is 2.24. The Hall–Kier alpha value is -3.75. The number of nitrogens with one attached hydrogen (secondary N) is 2. The van der Waals surface area contributed by atoms with Crippen LogP contribution in [0, 0.1) is 0 Å². The number of rotatable bonds is 8. The van der Waals surface area contributed by atoms with Crippen LogP contribution in [0.25, 0.3) is 44.3 Å². The fourth-order valence-corrected chi connectivity index (χ4v) is 5.79. The monoisotopic (exact) mass is 552 g/mol. The standard InChI is InChI=1S/C33H40N6O2/c1-21-7-6-8-22(2)39(21)15-16-40-27-13-11-23-17-25(10-9-24(23)18-27)31-28-19-26(12-14-29(28)35-37-31)32-34-30(36-38-32)20-41-33(3,4)5/h9-14,17-19,21-22H,6-8,15-16,20H2,1-5H3,(H,35,37)(H,34,36,38)/t21-,22+. The van der Waals surface area contributed by atoms with Gasteiger partial charge in [-0.05, 0) is 94.6 Å². The Balaban J connectivity index is 1.18. The molecule has 0 spiro atoms. The number of aromatic nitrogens is 5. The molecule has 0 bridgehead atoms. The van der Waals surface area contributed by atoms with E-state index in [4.69, 9.17) is 9.47 Å². The predicted octanol–water partition coefficient (Wildman–Crippen LogP) is 7.13. The van der Waals surface area contributed by atoms with E-state index in [1.807, 2.05) is 32.9 Å². The second kappa shape index (κ2) is 11.3. The summed E-state index contributed by atoms with van der Waals surface area (Å²) in [5.74, 6) is 2.26. The van der Waals surface area contributed by atoms with E-state index in [1.165, 1.54) is 19.3 Å². The van der Waals surface area contributed by atoms with E-state index >= 15 is 0 Å². The van der Waals surface area contributed by atoms with Crippen molar-refractivity contribution in [2.75, 3.05) is 13.2 Å². The molecule has 214 valence electrons. The van der Waals surface area contributed by atoms with Gasteiger partial charge in [0.05, 0.1) is 16.8 Å². The second-order valence-electron chi connectivity index (χ2n) is 12.3. The number of piperidine rings is 1. The highest BCUT2D eigenvalue weighted by Crippen LogP contribution is 2.32. The highest BCUT2D eigenvalue weighted by atomic mass is 16.5. The Morgan fingerprint density at radius 1 is 0.878 bits per heavy atom. The van der Waals surface area contributed by atoms with Gasteiger partial charge in [-0.3, -0.25) is 15.1 Å². The van der Waals surface area contributed by atoms with Gasteiger partial charge in [0.15, 0.2) is 11.6 Å². The summed E-state index contributed by atoms with van der Waals surface area (Å²) in [4.78, 5) is 7.23. The molecule has 0 saturated carbocycles. The summed E-state index contributed by atoms with van der Waals surface area (Å²) in [5.41, 5.74) is 3.61. The molecule has 3 heterocycles. The molecule has 1 fully saturated rings. The zero-order valence-corrected chi connectivity index (χ0v) is 24.7. The maximum atomic E-state index is 6.18. The molecule has 2 atom stereocenters. The van der Waals surface area contributed by atoms with Gasteiger partial charge in [-0.25, -0.2) is 4.98 Å². The van der Waals surface area contributed by atoms with Crippen molar-refractivity contribution in [2.45, 2.75) is 78.2 Å². The summed E-state index contributed by atoms with van der Waals surface area (Å²) in [6.45, 7) is 12.8. The van der Waals surface area contributed by atoms with Crippen molar-refractivity contribution in [3.05, 3.63) is 60.4 Å². The first kappa shape index (κ1) is 27.4. The molecule has 0 amide bonds. The molecular formula is C33H40N6O2. The molecule has 0 unspecified atom stereocenters. The van der Waals surface area contributed by atoms with Crippen LogP contribution in [-0.2, 0) is 11.3 Å². The van der Waals surface area contributed by atoms with Crippen LogP contribution in [0.15, 0.2) is 54.6 Å². The van der Waals surface area contributed by atoms with Crippen LogP contribution in [0.2, 0.25) is 0 Å². The molecule has 1 aliphatic rings. The Bertz CT molecular complexity index is 1640. The maximum absolute atomic E-state index is 6.18. The minimum absolute atomic E-state index is 0.240. The quantitative estimate of drug-likeness (QED) is 0.213. The summed E-state index contributed by atoms with van der Waals surface area (Å²) in [6, 6.07) is 20.2. The summed E-state index contributed by atoms with van der Waals surface area (Å²) < 4.78 is 12.0. The predicted molar refractivity (Wildman–Crippen MR) is 164 cm³/mol. The molecule has 1 saturated heterocycles. The van der Waals surface area contributed by atoms with E-state index in [1.54, 1.807) is 0 Å². The van der Waals surface area contributed by atoms with Gasteiger partial charge in [-0.1, -0.05) is 24.6 Å². The summed E-state index contributed by atoms with van der Waals surface area (Å²) in [7, 11) is 0. The van der Waals surface area contributed by atoms with Gasteiger partial charge in [0, 0.05) is 35.1 Å². The molecule has 3 aromatic carbocycles. The Labute approximate surface area is 241 Å². The summed E-state index contributed by atoms with van der Waals surface area (Å²) >= 11 is 0. The topological polar surface area (TPSA) is 92.0 Å². The molecule has 2 N–H and O–H groups in total. The van der Waals surface area contributed by atoms with Crippen molar-refractivity contribution in [1.82, 2.24) is 30.3 Å². The second-order valence-corrected chi connectivity index (χ2v) is 12.3. The van der Waals surface area contributed by atoms with Gasteiger partial charge in [0.25, 0.3) is 0 Å². The zero-order valence-electron chi connectivity index (χ0n) is 24.7. The van der Waals surface area contributed by atoms with Crippen LogP contribution in [0.4, 0.5) is 0 Å². The molecule has 41 heavy (non-hydrogen) atoms. The zero-order chi connectivity index (χ0) is 28.6. The third kappa shape index (κ3) is 6.14. The molecule has 8 heteroatoms. The third-order valence-corrected chi connectivity index (χ3v) is 8.07. The van der Waals surface area contributed by atoms with Gasteiger partial charge >= 0.3 is 0 Å². The van der Waals surface area contributed by atoms with Gasteiger partial charge in [-0.2, -0.15) is 10.2 Å². The smallest absolute Gasteiger partial charge is 0.181 e. The molecule has 0 aliphatic carbocycles. The van der Waals surface area contributed by atoms with Crippen molar-refractivity contribution in [1.29, 1.82) is 0 Å². The summed E-state index contributed by atoms with van der Waals surface area (Å²) in [6.07, 6.45) is 3.89. The van der Waals surface area contributed by atoms with Gasteiger partial charge in [-0.15, -0.1) is 0 Å². The molecule has 8 nitrogen and oxygen atoms in total. The highest BCUT2D eigenvalue weighted by molar-refractivity contribution is 5.97. The lowest BCUT2D eigenvalue weighted by Gasteiger charge is -2.38. The molecule has 6 rings (SSSR count). The number of nitrogens with zero attached hydrogens (tertiary/aromatic N) is 4. The Morgan fingerprint density at radius 2 is 1.63 bits per heavy atom. The van der Waals surface area contributed by atoms with Crippen molar-refractivity contribution in [2.24, 2.45) is 0 Å². The molecule has 1 aliphatic heterocycles. The van der Waals surface area contributed by atoms with Crippen molar-refractivity contribution >= 4 is 21.7 Å². The average molecular weight is 553 g/mol. The van der Waals surface area contributed by atoms with E-state index < -0.39 is 0 Å². The fraction of sp³-hybridized carbons (Fsp3) is 0.424. The number of hydrogen-bond acceptors (Lipinski definition) is 6. The Kier molecular flexibility index (Phi) is 7.53. The number of ether oxygens (including phenoxy) is 2. The lowest BCUT2D eigenvalue weighted by molar-refractivity contribution is -0.0179. The largest absolute Gasteiger partial charge is 0.492 e. The van der Waals surface area contributed by atoms with Gasteiger partial charge in [0.2, 0.25) is 0 Å². The van der Waals surface area contributed by atoms with Crippen molar-refractivity contribution in [3.8, 4) is 28.4 Å². The minimum Gasteiger partial charge on any atom is -0.492 e. The fourth-order valence-electron chi connectivity index (χ4n) is 5.79. The number of fused-ring (bicyclic) bond motifs is 2. The maximum Gasteiger partial charge on any atom is 0.181 e. The number of benzene rings is 3. The lowest BCUT2D eigenvalue weighted by Crippen LogP contribution is -2.45. The summed E-state index contributed by atoms with van der Waals surface area (Å²) in [5, 5.41) is 18.6. The molecule has 5 aromatic rings. The minimum atomic E-state index is -0.240. The lowest BCUT2D eigenvalue weighted by atomic mass is 9.98. The van der Waals surface area contributed by atoms with E-state index in [2.05, 4.69) is 86.6 Å².